The van der Waals surface area contributed by atoms with Gasteiger partial charge in [0.15, 0.2) is 0 Å². The van der Waals surface area contributed by atoms with Crippen LogP contribution in [0.25, 0.3) is 0 Å². The molecule has 20 heavy (non-hydrogen) atoms. The molecule has 0 aliphatic rings. The summed E-state index contributed by atoms with van der Waals surface area (Å²) in [4.78, 5) is 0. The lowest BCUT2D eigenvalue weighted by atomic mass is 10.1. The number of benzene rings is 2. The molecule has 0 bridgehead atoms. The van der Waals surface area contributed by atoms with Crippen LogP contribution in [0, 0.1) is 0 Å². The highest BCUT2D eigenvalue weighted by Crippen LogP contribution is 2.27. The van der Waals surface area contributed by atoms with Gasteiger partial charge in [-0.15, -0.1) is 0 Å². The van der Waals surface area contributed by atoms with Crippen LogP contribution >= 0.6 is 0 Å². The largest absolute Gasteiger partial charge is 0.495 e. The van der Waals surface area contributed by atoms with E-state index in [4.69, 9.17) is 4.74 Å². The van der Waals surface area contributed by atoms with Crippen molar-refractivity contribution in [3.63, 3.8) is 0 Å². The van der Waals surface area contributed by atoms with Crippen molar-refractivity contribution in [3.05, 3.63) is 54.1 Å². The van der Waals surface area contributed by atoms with E-state index in [2.05, 4.69) is 36.5 Å². The van der Waals surface area contributed by atoms with Gasteiger partial charge in [-0.05, 0) is 42.7 Å². The Bertz CT molecular complexity index is 519. The van der Waals surface area contributed by atoms with Gasteiger partial charge < -0.3 is 10.1 Å². The number of unbranched alkanes of at least 4 members (excludes halogenated alkanes) is 2. The second-order valence-corrected chi connectivity index (χ2v) is 4.98. The minimum Gasteiger partial charge on any atom is -0.495 e. The van der Waals surface area contributed by atoms with E-state index in [0.29, 0.717) is 0 Å². The molecule has 0 aliphatic heterocycles. The van der Waals surface area contributed by atoms with Crippen LogP contribution in [0.2, 0.25) is 0 Å². The second kappa shape index (κ2) is 7.59. The lowest BCUT2D eigenvalue weighted by Gasteiger charge is -2.11. The van der Waals surface area contributed by atoms with Gasteiger partial charge in [-0.25, -0.2) is 0 Å². The molecule has 2 nitrogen and oxygen atoms in total. The van der Waals surface area contributed by atoms with Gasteiger partial charge in [0, 0.05) is 5.69 Å². The molecule has 1 N–H and O–H groups in total. The predicted molar refractivity (Wildman–Crippen MR) is 85.9 cm³/mol. The summed E-state index contributed by atoms with van der Waals surface area (Å²) in [5.74, 6) is 0.861. The van der Waals surface area contributed by atoms with Crippen molar-refractivity contribution in [2.24, 2.45) is 0 Å². The van der Waals surface area contributed by atoms with Gasteiger partial charge in [0.25, 0.3) is 0 Å². The molecule has 0 unspecified atom stereocenters. The van der Waals surface area contributed by atoms with Crippen molar-refractivity contribution in [1.29, 1.82) is 0 Å². The molecule has 0 radical (unpaired) electrons. The van der Waals surface area contributed by atoms with Gasteiger partial charge in [0.1, 0.15) is 5.75 Å². The van der Waals surface area contributed by atoms with Crippen LogP contribution in [0.5, 0.6) is 5.75 Å². The molecule has 0 saturated carbocycles. The molecule has 0 aromatic heterocycles. The van der Waals surface area contributed by atoms with Gasteiger partial charge in [-0.3, -0.25) is 0 Å². The third-order valence-corrected chi connectivity index (χ3v) is 3.41. The minimum atomic E-state index is 0.861. The smallest absolute Gasteiger partial charge is 0.142 e. The first-order chi connectivity index (χ1) is 9.83. The zero-order valence-corrected chi connectivity index (χ0v) is 12.4. The predicted octanol–water partition coefficient (Wildman–Crippen LogP) is 5.17. The molecule has 0 aliphatic carbocycles. The van der Waals surface area contributed by atoms with Crippen molar-refractivity contribution in [2.75, 3.05) is 12.4 Å². The SMILES string of the molecule is CCCCCc1ccc(Nc2ccccc2OC)cc1. The first-order valence-electron chi connectivity index (χ1n) is 7.32. The number of hydrogen-bond acceptors (Lipinski definition) is 2. The summed E-state index contributed by atoms with van der Waals surface area (Å²) in [6.45, 7) is 2.24. The number of para-hydroxylation sites is 2. The third kappa shape index (κ3) is 4.02. The van der Waals surface area contributed by atoms with E-state index in [9.17, 15) is 0 Å². The highest BCUT2D eigenvalue weighted by Gasteiger charge is 2.01. The number of aryl methyl sites for hydroxylation is 1. The molecule has 0 atom stereocenters. The summed E-state index contributed by atoms with van der Waals surface area (Å²) in [7, 11) is 1.69. The molecular weight excluding hydrogens is 246 g/mol. The van der Waals surface area contributed by atoms with E-state index in [1.54, 1.807) is 7.11 Å². The topological polar surface area (TPSA) is 21.3 Å². The minimum absolute atomic E-state index is 0.861. The maximum absolute atomic E-state index is 5.34. The summed E-state index contributed by atoms with van der Waals surface area (Å²) >= 11 is 0. The number of anilines is 2. The van der Waals surface area contributed by atoms with E-state index in [0.717, 1.165) is 17.1 Å². The Morgan fingerprint density at radius 1 is 0.950 bits per heavy atom. The number of methoxy groups -OCH3 is 1. The lowest BCUT2D eigenvalue weighted by Crippen LogP contribution is -1.94. The summed E-state index contributed by atoms with van der Waals surface area (Å²) in [5, 5.41) is 3.39. The molecule has 2 rings (SSSR count). The maximum Gasteiger partial charge on any atom is 0.142 e. The molecule has 0 heterocycles. The van der Waals surface area contributed by atoms with Gasteiger partial charge in [-0.1, -0.05) is 44.0 Å². The molecule has 2 aromatic rings. The highest BCUT2D eigenvalue weighted by molar-refractivity contribution is 5.66. The van der Waals surface area contributed by atoms with Gasteiger partial charge in [0.05, 0.1) is 12.8 Å². The Hall–Kier alpha value is -1.96. The fraction of sp³-hybridized carbons (Fsp3) is 0.333. The fourth-order valence-electron chi connectivity index (χ4n) is 2.24. The van der Waals surface area contributed by atoms with E-state index < -0.39 is 0 Å². The van der Waals surface area contributed by atoms with Crippen LogP contribution in [-0.2, 0) is 6.42 Å². The van der Waals surface area contributed by atoms with Crippen molar-refractivity contribution >= 4 is 11.4 Å². The summed E-state index contributed by atoms with van der Waals surface area (Å²) < 4.78 is 5.34. The Morgan fingerprint density at radius 3 is 2.40 bits per heavy atom. The van der Waals surface area contributed by atoms with Gasteiger partial charge in [0.2, 0.25) is 0 Å². The average molecular weight is 269 g/mol. The molecule has 2 aromatic carbocycles. The van der Waals surface area contributed by atoms with Crippen LogP contribution in [0.15, 0.2) is 48.5 Å². The average Bonchev–Trinajstić information content (AvgIpc) is 2.50. The number of hydrogen-bond donors (Lipinski definition) is 1. The Kier molecular flexibility index (Phi) is 5.48. The molecule has 0 saturated heterocycles. The first-order valence-corrected chi connectivity index (χ1v) is 7.32. The Labute approximate surface area is 121 Å². The highest BCUT2D eigenvalue weighted by atomic mass is 16.5. The van der Waals surface area contributed by atoms with Crippen molar-refractivity contribution < 1.29 is 4.74 Å². The normalized spacial score (nSPS) is 10.3. The summed E-state index contributed by atoms with van der Waals surface area (Å²) in [6.07, 6.45) is 5.02. The Morgan fingerprint density at radius 2 is 1.70 bits per heavy atom. The zero-order valence-electron chi connectivity index (χ0n) is 12.4. The van der Waals surface area contributed by atoms with Crippen LogP contribution in [0.4, 0.5) is 11.4 Å². The summed E-state index contributed by atoms with van der Waals surface area (Å²) in [5.41, 5.74) is 3.49. The first kappa shape index (κ1) is 14.4. The molecular formula is C18H23NO. The number of rotatable bonds is 7. The van der Waals surface area contributed by atoms with Gasteiger partial charge in [-0.2, -0.15) is 0 Å². The second-order valence-electron chi connectivity index (χ2n) is 4.98. The van der Waals surface area contributed by atoms with Crippen LogP contribution in [-0.4, -0.2) is 7.11 Å². The fourth-order valence-corrected chi connectivity index (χ4v) is 2.24. The van der Waals surface area contributed by atoms with Crippen molar-refractivity contribution in [1.82, 2.24) is 0 Å². The van der Waals surface area contributed by atoms with Gasteiger partial charge >= 0.3 is 0 Å². The maximum atomic E-state index is 5.34. The van der Waals surface area contributed by atoms with Crippen molar-refractivity contribution in [2.45, 2.75) is 32.6 Å². The molecule has 2 heteroatoms. The number of ether oxygens (including phenoxy) is 1. The molecule has 106 valence electrons. The lowest BCUT2D eigenvalue weighted by molar-refractivity contribution is 0.417. The van der Waals surface area contributed by atoms with E-state index in [1.807, 2.05) is 24.3 Å². The Balaban J connectivity index is 1.99. The molecule has 0 amide bonds. The van der Waals surface area contributed by atoms with Crippen LogP contribution in [0.1, 0.15) is 31.7 Å². The van der Waals surface area contributed by atoms with E-state index in [1.165, 1.54) is 31.2 Å². The van der Waals surface area contributed by atoms with Crippen molar-refractivity contribution in [3.8, 4) is 5.75 Å². The molecule has 0 spiro atoms. The third-order valence-electron chi connectivity index (χ3n) is 3.41. The quantitative estimate of drug-likeness (QED) is 0.700. The summed E-state index contributed by atoms with van der Waals surface area (Å²) in [6, 6.07) is 16.6. The van der Waals surface area contributed by atoms with Crippen LogP contribution in [0.3, 0.4) is 0 Å². The standard InChI is InChI=1S/C18H23NO/c1-3-4-5-8-15-11-13-16(14-12-15)19-17-9-6-7-10-18(17)20-2/h6-7,9-14,19H,3-5,8H2,1-2H3. The monoisotopic (exact) mass is 269 g/mol. The molecule has 0 fully saturated rings. The van der Waals surface area contributed by atoms with E-state index in [-0.39, 0.29) is 0 Å². The van der Waals surface area contributed by atoms with Crippen LogP contribution < -0.4 is 10.1 Å². The number of nitrogens with one attached hydrogen (secondary N) is 1. The van der Waals surface area contributed by atoms with E-state index >= 15 is 0 Å². The zero-order chi connectivity index (χ0) is 14.2.